The van der Waals surface area contributed by atoms with Gasteiger partial charge < -0.3 is 5.11 Å². The maximum Gasteiger partial charge on any atom is 0.0851 e. The van der Waals surface area contributed by atoms with E-state index in [0.29, 0.717) is 11.8 Å². The van der Waals surface area contributed by atoms with Crippen LogP contribution in [0.2, 0.25) is 0 Å². The van der Waals surface area contributed by atoms with Gasteiger partial charge in [0, 0.05) is 18.3 Å². The predicted molar refractivity (Wildman–Crippen MR) is 50.1 cm³/mol. The fourth-order valence-corrected chi connectivity index (χ4v) is 1.74. The van der Waals surface area contributed by atoms with Gasteiger partial charge in [-0.3, -0.25) is 4.68 Å². The van der Waals surface area contributed by atoms with E-state index in [1.165, 1.54) is 0 Å². The zero-order chi connectivity index (χ0) is 9.42. The van der Waals surface area contributed by atoms with Crippen molar-refractivity contribution in [2.75, 3.05) is 0 Å². The maximum absolute atomic E-state index is 9.89. The lowest BCUT2D eigenvalue weighted by atomic mass is 10.1. The largest absolute Gasteiger partial charge is 0.388 e. The molecule has 1 aromatic rings. The van der Waals surface area contributed by atoms with Crippen molar-refractivity contribution in [1.82, 2.24) is 9.78 Å². The van der Waals surface area contributed by atoms with E-state index in [4.69, 9.17) is 0 Å². The van der Waals surface area contributed by atoms with E-state index >= 15 is 0 Å². The first kappa shape index (κ1) is 8.75. The third-order valence-electron chi connectivity index (χ3n) is 2.90. The second-order valence-corrected chi connectivity index (χ2v) is 3.95. The SMILES string of the molecule is CCn1cc(C(O)C2CC2C)cn1. The quantitative estimate of drug-likeness (QED) is 0.767. The summed E-state index contributed by atoms with van der Waals surface area (Å²) in [4.78, 5) is 0. The van der Waals surface area contributed by atoms with Crippen LogP contribution in [0.4, 0.5) is 0 Å². The molecular weight excluding hydrogens is 164 g/mol. The monoisotopic (exact) mass is 180 g/mol. The van der Waals surface area contributed by atoms with Crippen molar-refractivity contribution >= 4 is 0 Å². The van der Waals surface area contributed by atoms with Gasteiger partial charge in [0.1, 0.15) is 0 Å². The number of nitrogens with zero attached hydrogens (tertiary/aromatic N) is 2. The average molecular weight is 180 g/mol. The van der Waals surface area contributed by atoms with Crippen molar-refractivity contribution in [1.29, 1.82) is 0 Å². The fraction of sp³-hybridized carbons (Fsp3) is 0.700. The summed E-state index contributed by atoms with van der Waals surface area (Å²) in [6.45, 7) is 5.09. The van der Waals surface area contributed by atoms with Crippen LogP contribution in [0.1, 0.15) is 31.9 Å². The highest BCUT2D eigenvalue weighted by atomic mass is 16.3. The Hall–Kier alpha value is -0.830. The number of aliphatic hydroxyl groups is 1. The summed E-state index contributed by atoms with van der Waals surface area (Å²) in [5, 5.41) is 14.0. The molecule has 3 atom stereocenters. The number of rotatable bonds is 3. The van der Waals surface area contributed by atoms with Crippen LogP contribution in [0.25, 0.3) is 0 Å². The molecule has 0 radical (unpaired) electrons. The van der Waals surface area contributed by atoms with Gasteiger partial charge in [0.2, 0.25) is 0 Å². The highest BCUT2D eigenvalue weighted by molar-refractivity contribution is 5.12. The van der Waals surface area contributed by atoms with E-state index < -0.39 is 0 Å². The first-order valence-electron chi connectivity index (χ1n) is 4.92. The minimum atomic E-state index is -0.296. The van der Waals surface area contributed by atoms with E-state index in [9.17, 15) is 5.11 Å². The lowest BCUT2D eigenvalue weighted by Crippen LogP contribution is -1.99. The third kappa shape index (κ3) is 1.61. The van der Waals surface area contributed by atoms with Crippen molar-refractivity contribution in [3.05, 3.63) is 18.0 Å². The van der Waals surface area contributed by atoms with Gasteiger partial charge >= 0.3 is 0 Å². The number of aliphatic hydroxyl groups excluding tert-OH is 1. The molecule has 1 saturated carbocycles. The van der Waals surface area contributed by atoms with Gasteiger partial charge in [0.05, 0.1) is 12.3 Å². The summed E-state index contributed by atoms with van der Waals surface area (Å²) in [6.07, 6.45) is 4.57. The molecule has 0 bridgehead atoms. The van der Waals surface area contributed by atoms with E-state index in [0.717, 1.165) is 18.5 Å². The van der Waals surface area contributed by atoms with Gasteiger partial charge in [0.15, 0.2) is 0 Å². The van der Waals surface area contributed by atoms with Gasteiger partial charge in [-0.05, 0) is 25.2 Å². The highest BCUT2D eigenvalue weighted by Crippen LogP contribution is 2.46. The number of hydrogen-bond donors (Lipinski definition) is 1. The van der Waals surface area contributed by atoms with Crippen molar-refractivity contribution in [3.63, 3.8) is 0 Å². The average Bonchev–Trinajstić information content (AvgIpc) is 2.70. The molecule has 1 aromatic heterocycles. The highest BCUT2D eigenvalue weighted by Gasteiger charge is 2.39. The maximum atomic E-state index is 9.89. The Labute approximate surface area is 78.4 Å². The Bertz CT molecular complexity index is 295. The molecule has 72 valence electrons. The molecule has 1 aliphatic carbocycles. The molecule has 3 heteroatoms. The van der Waals surface area contributed by atoms with Crippen molar-refractivity contribution in [2.45, 2.75) is 32.9 Å². The van der Waals surface area contributed by atoms with E-state index in [2.05, 4.69) is 12.0 Å². The lowest BCUT2D eigenvalue weighted by molar-refractivity contribution is 0.148. The van der Waals surface area contributed by atoms with Crippen LogP contribution < -0.4 is 0 Å². The lowest BCUT2D eigenvalue weighted by Gasteiger charge is -2.05. The molecule has 2 rings (SSSR count). The molecule has 3 nitrogen and oxygen atoms in total. The summed E-state index contributed by atoms with van der Waals surface area (Å²) in [6, 6.07) is 0. The van der Waals surface area contributed by atoms with Gasteiger partial charge in [0.25, 0.3) is 0 Å². The fourth-order valence-electron chi connectivity index (χ4n) is 1.74. The van der Waals surface area contributed by atoms with Gasteiger partial charge in [-0.25, -0.2) is 0 Å². The van der Waals surface area contributed by atoms with E-state index in [-0.39, 0.29) is 6.10 Å². The van der Waals surface area contributed by atoms with Gasteiger partial charge in [-0.15, -0.1) is 0 Å². The Morgan fingerprint density at radius 3 is 2.92 bits per heavy atom. The minimum Gasteiger partial charge on any atom is -0.388 e. The second kappa shape index (κ2) is 3.14. The predicted octanol–water partition coefficient (Wildman–Crippen LogP) is 1.59. The molecule has 1 N–H and O–H groups in total. The molecule has 3 unspecified atom stereocenters. The molecule has 0 aliphatic heterocycles. The van der Waals surface area contributed by atoms with Crippen LogP contribution in [0.5, 0.6) is 0 Å². The normalized spacial score (nSPS) is 28.8. The van der Waals surface area contributed by atoms with Crippen LogP contribution >= 0.6 is 0 Å². The standard InChI is InChI=1S/C10H16N2O/c1-3-12-6-8(5-11-12)10(13)9-4-7(9)2/h5-7,9-10,13H,3-4H2,1-2H3. The molecule has 0 saturated heterocycles. The summed E-state index contributed by atoms with van der Waals surface area (Å²) in [5.74, 6) is 1.15. The second-order valence-electron chi connectivity index (χ2n) is 3.95. The number of aromatic nitrogens is 2. The number of hydrogen-bond acceptors (Lipinski definition) is 2. The topological polar surface area (TPSA) is 38.0 Å². The van der Waals surface area contributed by atoms with Crippen LogP contribution in [0.15, 0.2) is 12.4 Å². The summed E-state index contributed by atoms with van der Waals surface area (Å²) < 4.78 is 1.85. The molecular formula is C10H16N2O. The Balaban J connectivity index is 2.07. The molecule has 1 aliphatic rings. The summed E-state index contributed by atoms with van der Waals surface area (Å²) in [5.41, 5.74) is 0.969. The first-order chi connectivity index (χ1) is 6.22. The third-order valence-corrected chi connectivity index (χ3v) is 2.90. The minimum absolute atomic E-state index is 0.296. The zero-order valence-electron chi connectivity index (χ0n) is 8.14. The van der Waals surface area contributed by atoms with Crippen LogP contribution in [-0.2, 0) is 6.54 Å². The van der Waals surface area contributed by atoms with Gasteiger partial charge in [-0.2, -0.15) is 5.10 Å². The number of aryl methyl sites for hydroxylation is 1. The molecule has 13 heavy (non-hydrogen) atoms. The molecule has 0 spiro atoms. The van der Waals surface area contributed by atoms with E-state index in [1.54, 1.807) is 6.20 Å². The Morgan fingerprint density at radius 1 is 1.77 bits per heavy atom. The van der Waals surface area contributed by atoms with Crippen molar-refractivity contribution in [2.24, 2.45) is 11.8 Å². The summed E-state index contributed by atoms with van der Waals surface area (Å²) in [7, 11) is 0. The summed E-state index contributed by atoms with van der Waals surface area (Å²) >= 11 is 0. The van der Waals surface area contributed by atoms with Gasteiger partial charge in [-0.1, -0.05) is 6.92 Å². The molecule has 1 fully saturated rings. The van der Waals surface area contributed by atoms with Crippen LogP contribution in [0.3, 0.4) is 0 Å². The molecule has 0 aromatic carbocycles. The Morgan fingerprint density at radius 2 is 2.46 bits per heavy atom. The van der Waals surface area contributed by atoms with Crippen LogP contribution in [0, 0.1) is 11.8 Å². The van der Waals surface area contributed by atoms with Crippen molar-refractivity contribution < 1.29 is 5.11 Å². The molecule has 0 amide bonds. The van der Waals surface area contributed by atoms with Crippen LogP contribution in [-0.4, -0.2) is 14.9 Å². The van der Waals surface area contributed by atoms with E-state index in [1.807, 2.05) is 17.8 Å². The molecule has 1 heterocycles. The first-order valence-corrected chi connectivity index (χ1v) is 4.92. The Kier molecular flexibility index (Phi) is 2.12. The smallest absolute Gasteiger partial charge is 0.0851 e. The zero-order valence-corrected chi connectivity index (χ0v) is 8.14. The van der Waals surface area contributed by atoms with Crippen molar-refractivity contribution in [3.8, 4) is 0 Å².